The number of anilines is 1. The molecule has 0 aliphatic carbocycles. The van der Waals surface area contributed by atoms with E-state index in [1.54, 1.807) is 6.07 Å². The van der Waals surface area contributed by atoms with Crippen molar-refractivity contribution in [2.75, 3.05) is 10.6 Å². The summed E-state index contributed by atoms with van der Waals surface area (Å²) in [4.78, 5) is 13.0. The molecule has 6 heteroatoms. The van der Waals surface area contributed by atoms with Crippen LogP contribution >= 0.6 is 0 Å². The van der Waals surface area contributed by atoms with Crippen LogP contribution in [0.1, 0.15) is 30.0 Å². The quantitative estimate of drug-likeness (QED) is 0.614. The zero-order valence-corrected chi connectivity index (χ0v) is 18.7. The van der Waals surface area contributed by atoms with Gasteiger partial charge in [-0.15, -0.1) is 0 Å². The third-order valence-electron chi connectivity index (χ3n) is 5.36. The fraction of sp³-hybridized carbons (Fsp3) is 0.292. The van der Waals surface area contributed by atoms with E-state index in [0.29, 0.717) is 18.7 Å². The molecule has 0 spiro atoms. The van der Waals surface area contributed by atoms with E-state index in [-0.39, 0.29) is 5.91 Å². The van der Waals surface area contributed by atoms with Crippen LogP contribution in [-0.2, 0) is 21.4 Å². The molecule has 5 nitrogen and oxygen atoms in total. The number of aryl methyl sites for hydroxylation is 2. The maximum atomic E-state index is 13.0. The molecule has 3 aromatic carbocycles. The highest BCUT2D eigenvalue weighted by Crippen LogP contribution is 2.25. The van der Waals surface area contributed by atoms with Gasteiger partial charge >= 0.3 is 0 Å². The number of hydrogen-bond acceptors (Lipinski definition) is 3. The first kappa shape index (κ1) is 21.8. The molecule has 0 fully saturated rings. The fourth-order valence-corrected chi connectivity index (χ4v) is 4.78. The summed E-state index contributed by atoms with van der Waals surface area (Å²) in [5, 5.41) is 5.16. The molecule has 0 bridgehead atoms. The van der Waals surface area contributed by atoms with Gasteiger partial charge in [0.15, 0.2) is 0 Å². The molecule has 0 saturated carbocycles. The number of carbonyl (C=O) groups excluding carboxylic acids is 1. The van der Waals surface area contributed by atoms with Crippen LogP contribution < -0.4 is 9.62 Å². The van der Waals surface area contributed by atoms with Gasteiger partial charge in [-0.3, -0.25) is 9.10 Å². The van der Waals surface area contributed by atoms with Gasteiger partial charge in [0.05, 0.1) is 11.9 Å². The summed E-state index contributed by atoms with van der Waals surface area (Å²) in [6.45, 7) is 6.06. The third-order valence-corrected chi connectivity index (χ3v) is 6.54. The number of nitrogens with zero attached hydrogens (tertiary/aromatic N) is 1. The molecule has 1 atom stereocenters. The molecular formula is C24H28N2O3S. The van der Waals surface area contributed by atoms with Crippen molar-refractivity contribution in [1.29, 1.82) is 0 Å². The zero-order valence-electron chi connectivity index (χ0n) is 17.8. The summed E-state index contributed by atoms with van der Waals surface area (Å²) in [6.07, 6.45) is 1.50. The Kier molecular flexibility index (Phi) is 6.46. The highest BCUT2D eigenvalue weighted by molar-refractivity contribution is 7.92. The highest BCUT2D eigenvalue weighted by atomic mass is 32.2. The van der Waals surface area contributed by atoms with E-state index in [2.05, 4.69) is 5.32 Å². The van der Waals surface area contributed by atoms with Crippen LogP contribution in [0.2, 0.25) is 0 Å². The average Bonchev–Trinajstić information content (AvgIpc) is 2.71. The van der Waals surface area contributed by atoms with Crippen molar-refractivity contribution >= 4 is 32.4 Å². The van der Waals surface area contributed by atoms with Gasteiger partial charge in [-0.25, -0.2) is 8.42 Å². The minimum atomic E-state index is -3.64. The molecule has 0 aliphatic rings. The minimum absolute atomic E-state index is 0.311. The smallest absolute Gasteiger partial charge is 0.244 e. The maximum absolute atomic E-state index is 13.0. The van der Waals surface area contributed by atoms with Crippen LogP contribution in [0, 0.1) is 13.8 Å². The van der Waals surface area contributed by atoms with Crippen molar-refractivity contribution in [3.8, 4) is 0 Å². The number of hydrogen-bond donors (Lipinski definition) is 1. The Bertz CT molecular complexity index is 1170. The Balaban J connectivity index is 1.83. The highest BCUT2D eigenvalue weighted by Gasteiger charge is 2.31. The second-order valence-electron chi connectivity index (χ2n) is 7.65. The van der Waals surface area contributed by atoms with E-state index in [0.717, 1.165) is 33.7 Å². The summed E-state index contributed by atoms with van der Waals surface area (Å²) < 4.78 is 26.4. The monoisotopic (exact) mass is 424 g/mol. The lowest BCUT2D eigenvalue weighted by Gasteiger charge is -2.30. The molecule has 0 unspecified atom stereocenters. The largest absolute Gasteiger partial charge is 0.350 e. The van der Waals surface area contributed by atoms with Crippen molar-refractivity contribution in [1.82, 2.24) is 5.32 Å². The number of rotatable bonds is 7. The summed E-state index contributed by atoms with van der Waals surface area (Å²) in [5.74, 6) is -0.311. The van der Waals surface area contributed by atoms with E-state index in [1.165, 1.54) is 4.31 Å². The molecule has 0 heterocycles. The average molecular weight is 425 g/mol. The Hall–Kier alpha value is -2.86. The van der Waals surface area contributed by atoms with Crippen LogP contribution in [0.15, 0.2) is 60.7 Å². The zero-order chi connectivity index (χ0) is 21.9. The van der Waals surface area contributed by atoms with Crippen LogP contribution in [0.5, 0.6) is 0 Å². The van der Waals surface area contributed by atoms with Crippen molar-refractivity contribution in [3.05, 3.63) is 77.4 Å². The van der Waals surface area contributed by atoms with E-state index in [1.807, 2.05) is 75.4 Å². The van der Waals surface area contributed by atoms with Gasteiger partial charge in [0.1, 0.15) is 6.04 Å². The van der Waals surface area contributed by atoms with Crippen molar-refractivity contribution in [3.63, 3.8) is 0 Å². The molecule has 1 amide bonds. The molecule has 0 aliphatic heterocycles. The summed E-state index contributed by atoms with van der Waals surface area (Å²) >= 11 is 0. The molecule has 3 rings (SSSR count). The lowest BCUT2D eigenvalue weighted by atomic mass is 10.1. The molecule has 3 aromatic rings. The lowest BCUT2D eigenvalue weighted by Crippen LogP contribution is -2.49. The van der Waals surface area contributed by atoms with Gasteiger partial charge in [-0.2, -0.15) is 0 Å². The van der Waals surface area contributed by atoms with E-state index >= 15 is 0 Å². The predicted molar refractivity (Wildman–Crippen MR) is 123 cm³/mol. The summed E-state index contributed by atoms with van der Waals surface area (Å²) in [5.41, 5.74) is 3.52. The van der Waals surface area contributed by atoms with Crippen LogP contribution in [0.4, 0.5) is 5.69 Å². The van der Waals surface area contributed by atoms with Gasteiger partial charge in [0.2, 0.25) is 15.9 Å². The number of sulfonamides is 1. The first-order valence-corrected chi connectivity index (χ1v) is 11.9. The summed E-state index contributed by atoms with van der Waals surface area (Å²) in [7, 11) is -3.64. The molecular weight excluding hydrogens is 396 g/mol. The number of carbonyl (C=O) groups is 1. The Morgan fingerprint density at radius 1 is 0.967 bits per heavy atom. The normalized spacial score (nSPS) is 12.5. The van der Waals surface area contributed by atoms with E-state index < -0.39 is 16.1 Å². The first-order valence-electron chi connectivity index (χ1n) is 10.0. The first-order chi connectivity index (χ1) is 14.2. The van der Waals surface area contributed by atoms with E-state index in [4.69, 9.17) is 0 Å². The fourth-order valence-electron chi connectivity index (χ4n) is 3.58. The van der Waals surface area contributed by atoms with Crippen molar-refractivity contribution in [2.45, 2.75) is 39.8 Å². The minimum Gasteiger partial charge on any atom is -0.350 e. The SMILES string of the molecule is CC[C@@H](C(=O)NCc1ccc2ccccc2c1)N(c1ccc(C)c(C)c1)S(C)(=O)=O. The number of benzene rings is 3. The second-order valence-corrected chi connectivity index (χ2v) is 9.51. The maximum Gasteiger partial charge on any atom is 0.244 e. The molecule has 30 heavy (non-hydrogen) atoms. The molecule has 1 N–H and O–H groups in total. The van der Waals surface area contributed by atoms with Gasteiger partial charge in [-0.05, 0) is 65.9 Å². The Labute approximate surface area is 178 Å². The van der Waals surface area contributed by atoms with E-state index in [9.17, 15) is 13.2 Å². The molecule has 158 valence electrons. The second kappa shape index (κ2) is 8.88. The van der Waals surface area contributed by atoms with Gasteiger partial charge in [0, 0.05) is 6.54 Å². The van der Waals surface area contributed by atoms with Crippen molar-refractivity contribution in [2.24, 2.45) is 0 Å². The predicted octanol–water partition coefficient (Wildman–Crippen LogP) is 4.32. The standard InChI is InChI=1S/C24H28N2O3S/c1-5-23(26(30(4,28)29)22-13-10-17(2)18(3)14-22)24(27)25-16-19-11-12-20-8-6-7-9-21(20)15-19/h6-15,23H,5,16H2,1-4H3,(H,25,27)/t23-/m0/s1. The topological polar surface area (TPSA) is 66.5 Å². The Morgan fingerprint density at radius 2 is 1.67 bits per heavy atom. The van der Waals surface area contributed by atoms with Gasteiger partial charge < -0.3 is 5.32 Å². The molecule has 0 saturated heterocycles. The number of fused-ring (bicyclic) bond motifs is 1. The third kappa shape index (κ3) is 4.82. The summed E-state index contributed by atoms with van der Waals surface area (Å²) in [6, 6.07) is 18.7. The number of nitrogens with one attached hydrogen (secondary N) is 1. The van der Waals surface area contributed by atoms with Gasteiger partial charge in [-0.1, -0.05) is 49.4 Å². The van der Waals surface area contributed by atoms with Crippen molar-refractivity contribution < 1.29 is 13.2 Å². The van der Waals surface area contributed by atoms with Crippen LogP contribution in [0.25, 0.3) is 10.8 Å². The number of amides is 1. The van der Waals surface area contributed by atoms with Crippen LogP contribution in [0.3, 0.4) is 0 Å². The van der Waals surface area contributed by atoms with Crippen LogP contribution in [-0.4, -0.2) is 26.6 Å². The molecule has 0 radical (unpaired) electrons. The van der Waals surface area contributed by atoms with Gasteiger partial charge in [0.25, 0.3) is 0 Å². The lowest BCUT2D eigenvalue weighted by molar-refractivity contribution is -0.122. The molecule has 0 aromatic heterocycles. The Morgan fingerprint density at radius 3 is 2.30 bits per heavy atom.